The molecule has 37 heavy (non-hydrogen) atoms. The number of likely N-dealkylation sites (tertiary alicyclic amines) is 1. The first-order chi connectivity index (χ1) is 17.0. The third-order valence-corrected chi connectivity index (χ3v) is 7.72. The summed E-state index contributed by atoms with van der Waals surface area (Å²) in [4.78, 5) is 19.4. The van der Waals surface area contributed by atoms with E-state index >= 15 is 0 Å². The van der Waals surface area contributed by atoms with Gasteiger partial charge >= 0.3 is 6.09 Å². The van der Waals surface area contributed by atoms with E-state index in [1.807, 2.05) is 27.7 Å². The molecule has 7 heteroatoms. The molecule has 0 aromatic carbocycles. The highest BCUT2D eigenvalue weighted by Crippen LogP contribution is 2.44. The molecule has 6 nitrogen and oxygen atoms in total. The predicted molar refractivity (Wildman–Crippen MR) is 156 cm³/mol. The number of aliphatic imine (C=N–C) groups is 1. The van der Waals surface area contributed by atoms with Gasteiger partial charge in [-0.3, -0.25) is 4.99 Å². The fraction of sp³-hybridized carbons (Fsp3) is 0.800. The average Bonchev–Trinajstić information content (AvgIpc) is 2.87. The summed E-state index contributed by atoms with van der Waals surface area (Å²) >= 11 is 3.62. The van der Waals surface area contributed by atoms with Crippen LogP contribution in [0.3, 0.4) is 0 Å². The van der Waals surface area contributed by atoms with E-state index in [1.165, 1.54) is 0 Å². The molecule has 1 heterocycles. The minimum Gasteiger partial charge on any atom is -0.444 e. The van der Waals surface area contributed by atoms with Crippen molar-refractivity contribution in [2.75, 3.05) is 26.2 Å². The van der Waals surface area contributed by atoms with Crippen LogP contribution in [0.2, 0.25) is 0 Å². The number of nitrogens with zero attached hydrogens (tertiary/aromatic N) is 2. The number of piperidine rings is 1. The maximum Gasteiger partial charge on any atom is 0.410 e. The lowest BCUT2D eigenvalue weighted by molar-refractivity contribution is -0.193. The minimum atomic E-state index is -0.839. The van der Waals surface area contributed by atoms with Crippen LogP contribution in [0.4, 0.5) is 4.79 Å². The molecule has 1 fully saturated rings. The molecule has 1 aliphatic carbocycles. The monoisotopic (exact) mass is 582 g/mol. The van der Waals surface area contributed by atoms with E-state index in [0.717, 1.165) is 36.0 Å². The lowest BCUT2D eigenvalue weighted by Gasteiger charge is -2.46. The van der Waals surface area contributed by atoms with E-state index in [9.17, 15) is 9.90 Å². The fourth-order valence-corrected chi connectivity index (χ4v) is 6.47. The van der Waals surface area contributed by atoms with Gasteiger partial charge in [0.25, 0.3) is 0 Å². The zero-order chi connectivity index (χ0) is 28.1. The lowest BCUT2D eigenvalue weighted by Crippen LogP contribution is -2.50. The van der Waals surface area contributed by atoms with Crippen molar-refractivity contribution >= 4 is 27.7 Å². The number of amides is 1. The van der Waals surface area contributed by atoms with Crippen molar-refractivity contribution in [1.29, 1.82) is 0 Å². The summed E-state index contributed by atoms with van der Waals surface area (Å²) < 4.78 is 12.4. The van der Waals surface area contributed by atoms with Gasteiger partial charge in [-0.25, -0.2) is 4.79 Å². The molecule has 1 amide bonds. The number of allylic oxidation sites excluding steroid dienone is 4. The molecule has 2 rings (SSSR count). The van der Waals surface area contributed by atoms with Crippen LogP contribution >= 0.6 is 15.9 Å². The zero-order valence-corrected chi connectivity index (χ0v) is 26.3. The van der Waals surface area contributed by atoms with Crippen LogP contribution in [0.5, 0.6) is 0 Å². The molecule has 2 unspecified atom stereocenters. The number of hydrogen-bond donors (Lipinski definition) is 1. The van der Waals surface area contributed by atoms with Gasteiger partial charge in [0, 0.05) is 41.9 Å². The molecule has 0 spiro atoms. The van der Waals surface area contributed by atoms with Crippen LogP contribution in [-0.4, -0.2) is 59.9 Å². The highest BCUT2D eigenvalue weighted by Gasteiger charge is 2.44. The topological polar surface area (TPSA) is 71.4 Å². The molecule has 1 saturated heterocycles. The molecule has 0 aromatic rings. The molecule has 2 atom stereocenters. The maximum atomic E-state index is 12.6. The van der Waals surface area contributed by atoms with Crippen molar-refractivity contribution < 1.29 is 19.4 Å². The number of aliphatic hydroxyl groups is 1. The molecule has 0 saturated carbocycles. The summed E-state index contributed by atoms with van der Waals surface area (Å²) in [5.74, 6) is 0.371. The summed E-state index contributed by atoms with van der Waals surface area (Å²) in [6.45, 7) is 21.2. The summed E-state index contributed by atoms with van der Waals surface area (Å²) in [7, 11) is 0. The molecule has 1 aliphatic heterocycles. The first kappa shape index (κ1) is 32.0. The number of halogens is 1. The lowest BCUT2D eigenvalue weighted by atomic mass is 9.69. The van der Waals surface area contributed by atoms with Gasteiger partial charge in [-0.15, -0.1) is 0 Å². The number of aliphatic hydroxyl groups excluding tert-OH is 1. The quantitative estimate of drug-likeness (QED) is 0.285. The second-order valence-corrected chi connectivity index (χ2v) is 14.6. The SMILES string of the molecule is CCOC(O)C1(CC(C)CC(C)(C)CN=C2C=CC(Br)=CC(C)(C)C2)CCN(C(=O)OC(C)(C)C)CC1. The number of carbonyl (C=O) groups excluding carboxylic acids is 1. The van der Waals surface area contributed by atoms with Crippen molar-refractivity contribution in [1.82, 2.24) is 4.90 Å². The van der Waals surface area contributed by atoms with E-state index in [2.05, 4.69) is 68.8 Å². The Balaban J connectivity index is 2.05. The van der Waals surface area contributed by atoms with Crippen LogP contribution in [0, 0.1) is 22.2 Å². The molecule has 1 N–H and O–H groups in total. The maximum absolute atomic E-state index is 12.6. The third-order valence-electron chi connectivity index (χ3n) is 7.23. The van der Waals surface area contributed by atoms with Gasteiger partial charge in [0.1, 0.15) is 5.60 Å². The van der Waals surface area contributed by atoms with Crippen LogP contribution in [0.15, 0.2) is 27.7 Å². The van der Waals surface area contributed by atoms with E-state index in [1.54, 1.807) is 4.90 Å². The number of hydrogen-bond acceptors (Lipinski definition) is 5. The molecule has 0 bridgehead atoms. The van der Waals surface area contributed by atoms with Gasteiger partial charge in [-0.1, -0.05) is 56.6 Å². The Morgan fingerprint density at radius 3 is 2.38 bits per heavy atom. The Kier molecular flexibility index (Phi) is 11.1. The Morgan fingerprint density at radius 2 is 1.81 bits per heavy atom. The Labute approximate surface area is 234 Å². The first-order valence-corrected chi connectivity index (χ1v) is 14.6. The van der Waals surface area contributed by atoms with E-state index in [-0.39, 0.29) is 22.3 Å². The minimum absolute atomic E-state index is 0.0241. The molecule has 0 radical (unpaired) electrons. The molecule has 212 valence electrons. The van der Waals surface area contributed by atoms with Crippen molar-refractivity contribution in [3.8, 4) is 0 Å². The number of rotatable bonds is 9. The van der Waals surface area contributed by atoms with Crippen LogP contribution in [0.25, 0.3) is 0 Å². The van der Waals surface area contributed by atoms with Crippen molar-refractivity contribution in [2.24, 2.45) is 27.2 Å². The normalized spacial score (nSPS) is 22.8. The van der Waals surface area contributed by atoms with Crippen molar-refractivity contribution in [3.05, 3.63) is 22.7 Å². The Bertz CT molecular complexity index is 861. The summed E-state index contributed by atoms with van der Waals surface area (Å²) in [5.41, 5.74) is 0.330. The summed E-state index contributed by atoms with van der Waals surface area (Å²) in [6, 6.07) is 0. The number of ether oxygens (including phenoxy) is 2. The van der Waals surface area contributed by atoms with E-state index in [0.29, 0.717) is 38.5 Å². The van der Waals surface area contributed by atoms with E-state index in [4.69, 9.17) is 14.5 Å². The molecular weight excluding hydrogens is 532 g/mol. The molecule has 0 aromatic heterocycles. The van der Waals surface area contributed by atoms with Gasteiger partial charge < -0.3 is 19.5 Å². The van der Waals surface area contributed by atoms with Crippen molar-refractivity contribution in [3.63, 3.8) is 0 Å². The zero-order valence-electron chi connectivity index (χ0n) is 24.7. The predicted octanol–water partition coefficient (Wildman–Crippen LogP) is 7.51. The van der Waals surface area contributed by atoms with Crippen LogP contribution in [0.1, 0.15) is 94.4 Å². The molecule has 2 aliphatic rings. The van der Waals surface area contributed by atoms with Crippen LogP contribution < -0.4 is 0 Å². The fourth-order valence-electron chi connectivity index (χ4n) is 5.72. The first-order valence-electron chi connectivity index (χ1n) is 13.8. The van der Waals surface area contributed by atoms with Gasteiger partial charge in [-0.05, 0) is 88.7 Å². The largest absolute Gasteiger partial charge is 0.444 e. The van der Waals surface area contributed by atoms with Crippen molar-refractivity contribution in [2.45, 2.75) is 106 Å². The van der Waals surface area contributed by atoms with Gasteiger partial charge in [-0.2, -0.15) is 0 Å². The second-order valence-electron chi connectivity index (χ2n) is 13.7. The summed E-state index contributed by atoms with van der Waals surface area (Å²) in [6.07, 6.45) is 9.50. The second kappa shape index (κ2) is 12.8. The average molecular weight is 584 g/mol. The van der Waals surface area contributed by atoms with Gasteiger partial charge in [0.15, 0.2) is 6.29 Å². The van der Waals surface area contributed by atoms with Gasteiger partial charge in [0.05, 0.1) is 0 Å². The summed E-state index contributed by atoms with van der Waals surface area (Å²) in [5, 5.41) is 11.1. The highest BCUT2D eigenvalue weighted by atomic mass is 79.9. The smallest absolute Gasteiger partial charge is 0.410 e. The van der Waals surface area contributed by atoms with Gasteiger partial charge in [0.2, 0.25) is 0 Å². The highest BCUT2D eigenvalue weighted by molar-refractivity contribution is 9.11. The van der Waals surface area contributed by atoms with Crippen LogP contribution in [-0.2, 0) is 9.47 Å². The van der Waals surface area contributed by atoms with E-state index < -0.39 is 11.9 Å². The Hall–Kier alpha value is -1.18. The third kappa shape index (κ3) is 10.5. The molecular formula is C30H51BrN2O4. The standard InChI is InChI=1S/C30H51BrN2O4/c1-10-36-25(34)30(13-15-33(16-14-30)26(35)37-27(3,4)5)18-22(2)17-29(8,9)21-32-24-12-11-23(31)19-28(6,7)20-24/h11-12,19,22,25,34H,10,13-18,20-21H2,1-9H3. The Morgan fingerprint density at radius 1 is 1.19 bits per heavy atom. The number of carbonyl (C=O) groups is 1.